The fourth-order valence-electron chi connectivity index (χ4n) is 3.02. The number of hydrogen-bond acceptors (Lipinski definition) is 3. The molecule has 0 N–H and O–H groups in total. The second-order valence-electron chi connectivity index (χ2n) is 6.23. The lowest BCUT2D eigenvalue weighted by atomic mass is 9.92. The standard InChI is InChI=1S/C17H20ClNO2/c1-17(2,19-8-4-3-5-9-19)16(20)15-11-12-10-13(18)6-7-14(12)21-15/h6-7,10-11H,3-5,8-9H2,1-2H3. The normalized spacial score (nSPS) is 17.3. The highest BCUT2D eigenvalue weighted by Gasteiger charge is 2.37. The van der Waals surface area contributed by atoms with E-state index < -0.39 is 5.54 Å². The van der Waals surface area contributed by atoms with E-state index in [2.05, 4.69) is 4.90 Å². The first kappa shape index (κ1) is 14.6. The topological polar surface area (TPSA) is 33.5 Å². The summed E-state index contributed by atoms with van der Waals surface area (Å²) in [5, 5.41) is 1.53. The van der Waals surface area contributed by atoms with E-state index in [-0.39, 0.29) is 5.78 Å². The molecule has 0 aliphatic carbocycles. The third-order valence-corrected chi connectivity index (χ3v) is 4.64. The average Bonchev–Trinajstić information content (AvgIpc) is 2.90. The Morgan fingerprint density at radius 1 is 1.19 bits per heavy atom. The predicted octanol–water partition coefficient (Wildman–Crippen LogP) is 4.53. The zero-order chi connectivity index (χ0) is 15.0. The molecule has 1 fully saturated rings. The van der Waals surface area contributed by atoms with Crippen molar-refractivity contribution in [1.29, 1.82) is 0 Å². The molecular weight excluding hydrogens is 286 g/mol. The summed E-state index contributed by atoms with van der Waals surface area (Å²) in [5.41, 5.74) is 0.176. The minimum absolute atomic E-state index is 0.0386. The lowest BCUT2D eigenvalue weighted by Gasteiger charge is -2.39. The van der Waals surface area contributed by atoms with Crippen molar-refractivity contribution in [2.75, 3.05) is 13.1 Å². The number of ketones is 1. The van der Waals surface area contributed by atoms with E-state index in [0.717, 1.165) is 31.3 Å². The molecule has 2 aromatic rings. The van der Waals surface area contributed by atoms with Crippen LogP contribution in [0.3, 0.4) is 0 Å². The number of carbonyl (C=O) groups is 1. The fourth-order valence-corrected chi connectivity index (χ4v) is 3.20. The van der Waals surface area contributed by atoms with Crippen molar-refractivity contribution in [2.24, 2.45) is 0 Å². The third kappa shape index (κ3) is 2.72. The van der Waals surface area contributed by atoms with E-state index in [1.165, 1.54) is 6.42 Å². The van der Waals surface area contributed by atoms with E-state index in [1.54, 1.807) is 12.1 Å². The molecule has 0 atom stereocenters. The van der Waals surface area contributed by atoms with Crippen LogP contribution >= 0.6 is 11.6 Å². The number of likely N-dealkylation sites (tertiary alicyclic amines) is 1. The SMILES string of the molecule is CC(C)(C(=O)c1cc2cc(Cl)ccc2o1)N1CCCCC1. The first-order valence-corrected chi connectivity index (χ1v) is 7.85. The van der Waals surface area contributed by atoms with Crippen molar-refractivity contribution in [1.82, 2.24) is 4.90 Å². The second-order valence-corrected chi connectivity index (χ2v) is 6.67. The Kier molecular flexibility index (Phi) is 3.80. The number of hydrogen-bond donors (Lipinski definition) is 0. The van der Waals surface area contributed by atoms with Crippen molar-refractivity contribution >= 4 is 28.4 Å². The second kappa shape index (κ2) is 5.47. The monoisotopic (exact) mass is 305 g/mol. The van der Waals surface area contributed by atoms with Gasteiger partial charge in [0.05, 0.1) is 5.54 Å². The molecule has 1 aromatic heterocycles. The molecule has 1 aliphatic rings. The van der Waals surface area contributed by atoms with Crippen molar-refractivity contribution < 1.29 is 9.21 Å². The van der Waals surface area contributed by atoms with Crippen molar-refractivity contribution in [3.8, 4) is 0 Å². The van der Waals surface area contributed by atoms with Gasteiger partial charge in [-0.2, -0.15) is 0 Å². The van der Waals surface area contributed by atoms with Crippen molar-refractivity contribution in [2.45, 2.75) is 38.6 Å². The molecule has 0 bridgehead atoms. The maximum atomic E-state index is 12.9. The van der Waals surface area contributed by atoms with E-state index in [4.69, 9.17) is 16.0 Å². The largest absolute Gasteiger partial charge is 0.453 e. The quantitative estimate of drug-likeness (QED) is 0.781. The molecule has 0 radical (unpaired) electrons. The zero-order valence-electron chi connectivity index (χ0n) is 12.5. The lowest BCUT2D eigenvalue weighted by Crippen LogP contribution is -2.52. The molecule has 21 heavy (non-hydrogen) atoms. The van der Waals surface area contributed by atoms with Crippen LogP contribution in [0.5, 0.6) is 0 Å². The van der Waals surface area contributed by atoms with E-state index in [0.29, 0.717) is 16.4 Å². The summed E-state index contributed by atoms with van der Waals surface area (Å²) < 4.78 is 5.73. The van der Waals surface area contributed by atoms with Gasteiger partial charge in [-0.1, -0.05) is 18.0 Å². The Morgan fingerprint density at radius 3 is 2.62 bits per heavy atom. The number of benzene rings is 1. The lowest BCUT2D eigenvalue weighted by molar-refractivity contribution is 0.0553. The zero-order valence-corrected chi connectivity index (χ0v) is 13.2. The summed E-state index contributed by atoms with van der Waals surface area (Å²) in [6.07, 6.45) is 3.57. The molecule has 1 aromatic carbocycles. The highest BCUT2D eigenvalue weighted by Crippen LogP contribution is 2.29. The number of rotatable bonds is 3. The van der Waals surface area contributed by atoms with Crippen molar-refractivity contribution in [3.05, 3.63) is 35.0 Å². The predicted molar refractivity (Wildman–Crippen MR) is 85.1 cm³/mol. The molecule has 0 spiro atoms. The molecule has 1 saturated heterocycles. The van der Waals surface area contributed by atoms with Gasteiger partial charge in [0.1, 0.15) is 5.58 Å². The highest BCUT2D eigenvalue weighted by molar-refractivity contribution is 6.31. The summed E-state index contributed by atoms with van der Waals surface area (Å²) in [4.78, 5) is 15.1. The first-order valence-electron chi connectivity index (χ1n) is 7.47. The number of fused-ring (bicyclic) bond motifs is 1. The van der Waals surface area contributed by atoms with Crippen LogP contribution in [-0.2, 0) is 0 Å². The van der Waals surface area contributed by atoms with Crippen LogP contribution in [0.25, 0.3) is 11.0 Å². The Morgan fingerprint density at radius 2 is 1.90 bits per heavy atom. The average molecular weight is 306 g/mol. The van der Waals surface area contributed by atoms with E-state index in [9.17, 15) is 4.79 Å². The Hall–Kier alpha value is -1.32. The highest BCUT2D eigenvalue weighted by atomic mass is 35.5. The molecule has 4 heteroatoms. The van der Waals surface area contributed by atoms with Gasteiger partial charge < -0.3 is 4.42 Å². The summed E-state index contributed by atoms with van der Waals surface area (Å²) in [6.45, 7) is 5.93. The van der Waals surface area contributed by atoms with Crippen LogP contribution in [0, 0.1) is 0 Å². The smallest absolute Gasteiger partial charge is 0.217 e. The van der Waals surface area contributed by atoms with Crippen LogP contribution in [0.15, 0.2) is 28.7 Å². The summed E-state index contributed by atoms with van der Waals surface area (Å²) >= 11 is 5.98. The van der Waals surface area contributed by atoms with Crippen LogP contribution in [-0.4, -0.2) is 29.3 Å². The van der Waals surface area contributed by atoms with Crippen LogP contribution in [0.1, 0.15) is 43.7 Å². The molecular formula is C17H20ClNO2. The molecule has 0 unspecified atom stereocenters. The van der Waals surface area contributed by atoms with Crippen LogP contribution < -0.4 is 0 Å². The Balaban J connectivity index is 1.91. The summed E-state index contributed by atoms with van der Waals surface area (Å²) in [5.74, 6) is 0.458. The van der Waals surface area contributed by atoms with Gasteiger partial charge in [-0.15, -0.1) is 0 Å². The number of halogens is 1. The molecule has 112 valence electrons. The van der Waals surface area contributed by atoms with Crippen LogP contribution in [0.4, 0.5) is 0 Å². The van der Waals surface area contributed by atoms with Crippen molar-refractivity contribution in [3.63, 3.8) is 0 Å². The van der Waals surface area contributed by atoms with Gasteiger partial charge in [-0.05, 0) is 64.0 Å². The number of carbonyl (C=O) groups excluding carboxylic acids is 1. The molecule has 0 amide bonds. The van der Waals surface area contributed by atoms with Gasteiger partial charge in [-0.3, -0.25) is 9.69 Å². The first-order chi connectivity index (χ1) is 9.98. The van der Waals surface area contributed by atoms with Gasteiger partial charge in [0.15, 0.2) is 5.76 Å². The summed E-state index contributed by atoms with van der Waals surface area (Å²) in [7, 11) is 0. The maximum absolute atomic E-state index is 12.9. The molecule has 1 aliphatic heterocycles. The molecule has 3 nitrogen and oxygen atoms in total. The van der Waals surface area contributed by atoms with E-state index >= 15 is 0 Å². The minimum atomic E-state index is -0.530. The number of piperidine rings is 1. The fraction of sp³-hybridized carbons (Fsp3) is 0.471. The molecule has 3 rings (SSSR count). The third-order valence-electron chi connectivity index (χ3n) is 4.40. The Labute approximate surface area is 129 Å². The van der Waals surface area contributed by atoms with Gasteiger partial charge in [-0.25, -0.2) is 0 Å². The van der Waals surface area contributed by atoms with Gasteiger partial charge in [0, 0.05) is 10.4 Å². The maximum Gasteiger partial charge on any atom is 0.217 e. The van der Waals surface area contributed by atoms with Crippen LogP contribution in [0.2, 0.25) is 5.02 Å². The molecule has 2 heterocycles. The Bertz CT molecular complexity index is 668. The van der Waals surface area contributed by atoms with Gasteiger partial charge >= 0.3 is 0 Å². The number of nitrogens with zero attached hydrogens (tertiary/aromatic N) is 1. The van der Waals surface area contributed by atoms with E-state index in [1.807, 2.05) is 26.0 Å². The minimum Gasteiger partial charge on any atom is -0.453 e. The number of furan rings is 1. The van der Waals surface area contributed by atoms with Gasteiger partial charge in [0.2, 0.25) is 5.78 Å². The summed E-state index contributed by atoms with van der Waals surface area (Å²) in [6, 6.07) is 7.21. The molecule has 0 saturated carbocycles. The number of Topliss-reactive ketones (excluding diaryl/α,β-unsaturated/α-hetero) is 1. The van der Waals surface area contributed by atoms with Gasteiger partial charge in [0.25, 0.3) is 0 Å².